The first kappa shape index (κ1) is 20.5. The van der Waals surface area contributed by atoms with Gasteiger partial charge < -0.3 is 4.74 Å². The number of anilines is 2. The van der Waals surface area contributed by atoms with Gasteiger partial charge in [-0.1, -0.05) is 54.1 Å². The highest BCUT2D eigenvalue weighted by molar-refractivity contribution is 6.36. The molecule has 2 saturated heterocycles. The minimum Gasteiger partial charge on any atom is -0.494 e. The smallest absolute Gasteiger partial charge is 0.266 e. The van der Waals surface area contributed by atoms with Crippen LogP contribution in [0.3, 0.4) is 0 Å². The van der Waals surface area contributed by atoms with Gasteiger partial charge in [0.1, 0.15) is 11.7 Å². The van der Waals surface area contributed by atoms with Crippen LogP contribution in [0.15, 0.2) is 78.9 Å². The van der Waals surface area contributed by atoms with Crippen LogP contribution >= 0.6 is 11.6 Å². The lowest BCUT2D eigenvalue weighted by Gasteiger charge is -2.29. The van der Waals surface area contributed by atoms with Gasteiger partial charge in [-0.15, -0.1) is 0 Å². The minimum atomic E-state index is -0.935. The summed E-state index contributed by atoms with van der Waals surface area (Å²) in [5.41, 5.74) is 2.00. The van der Waals surface area contributed by atoms with Crippen LogP contribution in [0.4, 0.5) is 11.4 Å². The van der Waals surface area contributed by atoms with Crippen molar-refractivity contribution < 1.29 is 19.2 Å². The van der Waals surface area contributed by atoms with E-state index >= 15 is 0 Å². The largest absolute Gasteiger partial charge is 0.494 e. The number of hydrogen-bond donors (Lipinski definition) is 0. The van der Waals surface area contributed by atoms with Crippen LogP contribution < -0.4 is 14.7 Å². The quantitative estimate of drug-likeness (QED) is 0.525. The second kappa shape index (κ2) is 8.30. The van der Waals surface area contributed by atoms with Crippen molar-refractivity contribution in [2.75, 3.05) is 16.6 Å². The molecule has 5 rings (SSSR count). The maximum absolute atomic E-state index is 13.6. The van der Waals surface area contributed by atoms with Crippen LogP contribution in [0.5, 0.6) is 5.75 Å². The fraction of sp³-hybridized carbons (Fsp3) is 0.200. The number of carbonyl (C=O) groups excluding carboxylic acids is 2. The molecule has 2 amide bonds. The highest BCUT2D eigenvalue weighted by Crippen LogP contribution is 2.48. The fourth-order valence-electron chi connectivity index (χ4n) is 4.35. The number of benzene rings is 3. The van der Waals surface area contributed by atoms with Crippen molar-refractivity contribution in [1.29, 1.82) is 0 Å². The number of rotatable bonds is 5. The number of nitrogens with zero attached hydrogens (tertiary/aromatic N) is 2. The van der Waals surface area contributed by atoms with Crippen LogP contribution in [-0.4, -0.2) is 24.5 Å². The van der Waals surface area contributed by atoms with Crippen LogP contribution in [0.25, 0.3) is 0 Å². The number of hydroxylamine groups is 1. The molecule has 7 heteroatoms. The molecule has 0 unspecified atom stereocenters. The van der Waals surface area contributed by atoms with Gasteiger partial charge in [0.2, 0.25) is 5.91 Å². The standard InChI is InChI=1S/C25H21ClN2O4/c1-2-31-18-14-12-16(13-15-18)22-21-23(32-28(22)17-8-4-3-5-9-17)25(30)27(24(21)29)20-11-7-6-10-19(20)26/h3-15,21-23H,2H2,1H3/t21-,22+,23-/m0/s1. The Kier molecular flexibility index (Phi) is 5.33. The Morgan fingerprint density at radius 3 is 2.28 bits per heavy atom. The summed E-state index contributed by atoms with van der Waals surface area (Å²) in [5, 5.41) is 2.01. The zero-order valence-corrected chi connectivity index (χ0v) is 18.1. The first-order chi connectivity index (χ1) is 15.6. The summed E-state index contributed by atoms with van der Waals surface area (Å²) in [4.78, 5) is 34.2. The number of amides is 2. The van der Waals surface area contributed by atoms with Crippen molar-refractivity contribution in [3.05, 3.63) is 89.4 Å². The number of hydrogen-bond acceptors (Lipinski definition) is 5. The topological polar surface area (TPSA) is 59.1 Å². The molecule has 3 aromatic carbocycles. The molecule has 0 N–H and O–H groups in total. The molecular weight excluding hydrogens is 428 g/mol. The van der Waals surface area contributed by atoms with Crippen molar-refractivity contribution in [2.24, 2.45) is 5.92 Å². The Morgan fingerprint density at radius 1 is 0.906 bits per heavy atom. The summed E-state index contributed by atoms with van der Waals surface area (Å²) in [7, 11) is 0. The van der Waals surface area contributed by atoms with Crippen LogP contribution in [-0.2, 0) is 14.4 Å². The Morgan fingerprint density at radius 2 is 1.59 bits per heavy atom. The molecule has 3 aromatic rings. The van der Waals surface area contributed by atoms with Crippen LogP contribution in [0, 0.1) is 5.92 Å². The van der Waals surface area contributed by atoms with E-state index in [1.54, 1.807) is 29.3 Å². The van der Waals surface area contributed by atoms with Gasteiger partial charge >= 0.3 is 0 Å². The van der Waals surface area contributed by atoms with E-state index < -0.39 is 24.0 Å². The predicted octanol–water partition coefficient (Wildman–Crippen LogP) is 4.79. The maximum atomic E-state index is 13.6. The van der Waals surface area contributed by atoms with E-state index in [-0.39, 0.29) is 5.91 Å². The molecule has 2 heterocycles. The minimum absolute atomic E-state index is 0.328. The number of halogens is 1. The Hall–Kier alpha value is -3.35. The highest BCUT2D eigenvalue weighted by atomic mass is 35.5. The summed E-state index contributed by atoms with van der Waals surface area (Å²) in [6, 6.07) is 23.4. The predicted molar refractivity (Wildman–Crippen MR) is 122 cm³/mol. The van der Waals surface area contributed by atoms with Gasteiger partial charge in [0.25, 0.3) is 5.91 Å². The fourth-order valence-corrected chi connectivity index (χ4v) is 4.57. The van der Waals surface area contributed by atoms with E-state index in [9.17, 15) is 9.59 Å². The molecule has 6 nitrogen and oxygen atoms in total. The molecule has 0 bridgehead atoms. The lowest BCUT2D eigenvalue weighted by molar-refractivity contribution is -0.126. The van der Waals surface area contributed by atoms with E-state index in [0.717, 1.165) is 21.9 Å². The first-order valence-corrected chi connectivity index (χ1v) is 10.8. The molecule has 0 saturated carbocycles. The maximum Gasteiger partial charge on any atom is 0.266 e. The zero-order chi connectivity index (χ0) is 22.2. The second-order valence-electron chi connectivity index (χ2n) is 7.62. The van der Waals surface area contributed by atoms with Crippen molar-refractivity contribution in [2.45, 2.75) is 19.1 Å². The molecule has 32 heavy (non-hydrogen) atoms. The SMILES string of the molecule is CCOc1ccc([C@@H]2[C@@H]3C(=O)N(c4ccccc4Cl)C(=O)[C@H]3ON2c2ccccc2)cc1. The molecule has 2 aliphatic heterocycles. The lowest BCUT2D eigenvalue weighted by atomic mass is 9.90. The van der Waals surface area contributed by atoms with E-state index in [4.69, 9.17) is 21.2 Å². The summed E-state index contributed by atoms with van der Waals surface area (Å²) >= 11 is 6.31. The summed E-state index contributed by atoms with van der Waals surface area (Å²) < 4.78 is 5.56. The normalized spacial score (nSPS) is 22.4. The van der Waals surface area contributed by atoms with E-state index in [0.29, 0.717) is 17.3 Å². The lowest BCUT2D eigenvalue weighted by Crippen LogP contribution is -2.37. The molecule has 2 fully saturated rings. The van der Waals surface area contributed by atoms with Crippen molar-refractivity contribution in [3.63, 3.8) is 0 Å². The van der Waals surface area contributed by atoms with Gasteiger partial charge in [0.15, 0.2) is 6.10 Å². The van der Waals surface area contributed by atoms with Gasteiger partial charge in [-0.25, -0.2) is 9.96 Å². The highest BCUT2D eigenvalue weighted by Gasteiger charge is 2.60. The van der Waals surface area contributed by atoms with Gasteiger partial charge in [0.05, 0.1) is 29.0 Å². The molecule has 0 aliphatic carbocycles. The molecule has 2 aliphatic rings. The van der Waals surface area contributed by atoms with E-state index in [2.05, 4.69) is 0 Å². The molecule has 0 radical (unpaired) electrons. The van der Waals surface area contributed by atoms with E-state index in [1.807, 2.05) is 61.5 Å². The molecule has 0 spiro atoms. The van der Waals surface area contributed by atoms with Gasteiger partial charge in [-0.3, -0.25) is 14.4 Å². The Labute approximate surface area is 190 Å². The van der Waals surface area contributed by atoms with Gasteiger partial charge in [-0.2, -0.15) is 0 Å². The average molecular weight is 449 g/mol. The third-order valence-electron chi connectivity index (χ3n) is 5.75. The molecular formula is C25H21ClN2O4. The summed E-state index contributed by atoms with van der Waals surface area (Å²) in [5.74, 6) is -0.714. The van der Waals surface area contributed by atoms with Gasteiger partial charge in [-0.05, 0) is 48.9 Å². The first-order valence-electron chi connectivity index (χ1n) is 10.5. The average Bonchev–Trinajstić information content (AvgIpc) is 3.32. The van der Waals surface area contributed by atoms with Gasteiger partial charge in [0, 0.05) is 0 Å². The Bertz CT molecular complexity index is 1150. The Balaban J connectivity index is 1.57. The number of imide groups is 1. The third kappa shape index (κ3) is 3.32. The number of para-hydroxylation sites is 2. The van der Waals surface area contributed by atoms with Crippen LogP contribution in [0.1, 0.15) is 18.5 Å². The zero-order valence-electron chi connectivity index (χ0n) is 17.4. The van der Waals surface area contributed by atoms with E-state index in [1.165, 1.54) is 0 Å². The van der Waals surface area contributed by atoms with Crippen LogP contribution in [0.2, 0.25) is 5.02 Å². The summed E-state index contributed by atoms with van der Waals surface area (Å²) in [6.07, 6.45) is -0.935. The molecule has 0 aromatic heterocycles. The molecule has 3 atom stereocenters. The molecule has 162 valence electrons. The van der Waals surface area contributed by atoms with Crippen molar-refractivity contribution in [1.82, 2.24) is 0 Å². The van der Waals surface area contributed by atoms with Crippen molar-refractivity contribution >= 4 is 34.8 Å². The monoisotopic (exact) mass is 448 g/mol. The number of ether oxygens (including phenoxy) is 1. The second-order valence-corrected chi connectivity index (χ2v) is 8.03. The number of carbonyl (C=O) groups is 2. The summed E-state index contributed by atoms with van der Waals surface area (Å²) in [6.45, 7) is 2.49. The number of fused-ring (bicyclic) bond motifs is 1. The third-order valence-corrected chi connectivity index (χ3v) is 6.07. The van der Waals surface area contributed by atoms with Crippen molar-refractivity contribution in [3.8, 4) is 5.75 Å².